The van der Waals surface area contributed by atoms with Crippen LogP contribution < -0.4 is 5.32 Å². The summed E-state index contributed by atoms with van der Waals surface area (Å²) in [5.41, 5.74) is 4.01. The van der Waals surface area contributed by atoms with Crippen molar-refractivity contribution in [2.45, 2.75) is 20.8 Å². The number of aryl methyl sites for hydroxylation is 3. The molecular weight excluding hydrogens is 260 g/mol. The zero-order valence-corrected chi connectivity index (χ0v) is 12.2. The fraction of sp³-hybridized carbons (Fsp3) is 0.286. The molecule has 0 unspecified atom stereocenters. The predicted octanol–water partition coefficient (Wildman–Crippen LogP) is 3.60. The molecule has 1 aromatic heterocycles. The summed E-state index contributed by atoms with van der Waals surface area (Å²) in [5.74, 6) is -0.343. The van der Waals surface area contributed by atoms with Crippen LogP contribution >= 0.6 is 11.3 Å². The van der Waals surface area contributed by atoms with Crippen molar-refractivity contribution in [1.29, 1.82) is 0 Å². The third kappa shape index (κ3) is 2.76. The fourth-order valence-electron chi connectivity index (χ4n) is 1.85. The Bertz CT molecular complexity index is 600. The summed E-state index contributed by atoms with van der Waals surface area (Å²) < 4.78 is 4.73. The molecule has 100 valence electrons. The molecule has 0 amide bonds. The summed E-state index contributed by atoms with van der Waals surface area (Å²) in [6, 6.07) is 6.09. The van der Waals surface area contributed by atoms with E-state index in [1.807, 2.05) is 32.0 Å². The molecule has 0 bridgehead atoms. The molecular formula is C14H16N2O2S. The Morgan fingerprint density at radius 3 is 2.47 bits per heavy atom. The number of methoxy groups -OCH3 is 1. The first-order valence-corrected chi connectivity index (χ1v) is 6.73. The van der Waals surface area contributed by atoms with Gasteiger partial charge in [-0.05, 0) is 31.9 Å². The second-order valence-corrected chi connectivity index (χ2v) is 5.32. The first-order valence-electron chi connectivity index (χ1n) is 5.92. The molecule has 2 aromatic rings. The van der Waals surface area contributed by atoms with E-state index >= 15 is 0 Å². The monoisotopic (exact) mass is 276 g/mol. The average Bonchev–Trinajstić information content (AvgIpc) is 2.74. The second kappa shape index (κ2) is 5.40. The van der Waals surface area contributed by atoms with Gasteiger partial charge < -0.3 is 10.1 Å². The third-order valence-electron chi connectivity index (χ3n) is 2.88. The molecule has 0 atom stereocenters. The quantitative estimate of drug-likeness (QED) is 0.870. The van der Waals surface area contributed by atoms with E-state index in [0.29, 0.717) is 15.7 Å². The van der Waals surface area contributed by atoms with Gasteiger partial charge in [0.15, 0.2) is 5.13 Å². The minimum atomic E-state index is -0.343. The molecule has 0 saturated carbocycles. The Balaban J connectivity index is 2.32. The summed E-state index contributed by atoms with van der Waals surface area (Å²) in [6.07, 6.45) is 0. The molecule has 1 heterocycles. The van der Waals surface area contributed by atoms with E-state index in [0.717, 1.165) is 16.8 Å². The van der Waals surface area contributed by atoms with Crippen molar-refractivity contribution >= 4 is 28.1 Å². The van der Waals surface area contributed by atoms with E-state index in [-0.39, 0.29) is 5.97 Å². The van der Waals surface area contributed by atoms with Crippen LogP contribution in [-0.4, -0.2) is 18.1 Å². The summed E-state index contributed by atoms with van der Waals surface area (Å²) in [7, 11) is 1.38. The molecule has 0 spiro atoms. The van der Waals surface area contributed by atoms with E-state index in [2.05, 4.69) is 10.3 Å². The number of aromatic nitrogens is 1. The summed E-state index contributed by atoms with van der Waals surface area (Å²) >= 11 is 1.31. The normalized spacial score (nSPS) is 10.3. The van der Waals surface area contributed by atoms with Crippen LogP contribution in [0.15, 0.2) is 18.2 Å². The first-order chi connectivity index (χ1) is 9.02. The number of rotatable bonds is 3. The maximum atomic E-state index is 11.6. The number of nitrogens with one attached hydrogen (secondary N) is 1. The summed E-state index contributed by atoms with van der Waals surface area (Å²) in [4.78, 5) is 16.5. The van der Waals surface area contributed by atoms with Gasteiger partial charge in [0.25, 0.3) is 0 Å². The van der Waals surface area contributed by atoms with Gasteiger partial charge >= 0.3 is 5.97 Å². The van der Waals surface area contributed by atoms with Crippen molar-refractivity contribution in [2.24, 2.45) is 0 Å². The minimum absolute atomic E-state index is 0.343. The molecule has 0 aliphatic heterocycles. The number of benzene rings is 1. The molecule has 0 radical (unpaired) electrons. The number of esters is 1. The number of nitrogens with zero attached hydrogens (tertiary/aromatic N) is 1. The van der Waals surface area contributed by atoms with E-state index in [4.69, 9.17) is 4.74 Å². The van der Waals surface area contributed by atoms with Gasteiger partial charge in [-0.3, -0.25) is 0 Å². The Labute approximate surface area is 116 Å². The fourth-order valence-corrected chi connectivity index (χ4v) is 2.74. The summed E-state index contributed by atoms with van der Waals surface area (Å²) in [5, 5.41) is 3.98. The van der Waals surface area contributed by atoms with Crippen LogP contribution in [0.25, 0.3) is 0 Å². The van der Waals surface area contributed by atoms with Gasteiger partial charge in [0, 0.05) is 5.69 Å². The number of hydrogen-bond donors (Lipinski definition) is 1. The molecule has 0 aliphatic carbocycles. The Hall–Kier alpha value is -1.88. The van der Waals surface area contributed by atoms with Crippen LogP contribution in [0.5, 0.6) is 0 Å². The van der Waals surface area contributed by atoms with Gasteiger partial charge in [-0.25, -0.2) is 9.78 Å². The van der Waals surface area contributed by atoms with Crippen LogP contribution in [-0.2, 0) is 4.74 Å². The topological polar surface area (TPSA) is 51.2 Å². The van der Waals surface area contributed by atoms with Gasteiger partial charge in [-0.1, -0.05) is 29.5 Å². The molecule has 2 rings (SSSR count). The first kappa shape index (κ1) is 13.5. The average molecular weight is 276 g/mol. The van der Waals surface area contributed by atoms with E-state index < -0.39 is 0 Å². The number of para-hydroxylation sites is 1. The van der Waals surface area contributed by atoms with Crippen molar-refractivity contribution in [3.05, 3.63) is 39.9 Å². The summed E-state index contributed by atoms with van der Waals surface area (Å²) in [6.45, 7) is 5.88. The van der Waals surface area contributed by atoms with Crippen LogP contribution in [0.4, 0.5) is 10.8 Å². The van der Waals surface area contributed by atoms with Gasteiger partial charge in [-0.2, -0.15) is 0 Å². The van der Waals surface area contributed by atoms with Crippen molar-refractivity contribution < 1.29 is 9.53 Å². The minimum Gasteiger partial charge on any atom is -0.465 e. The zero-order valence-electron chi connectivity index (χ0n) is 11.4. The van der Waals surface area contributed by atoms with Crippen LogP contribution in [0.2, 0.25) is 0 Å². The van der Waals surface area contributed by atoms with E-state index in [1.165, 1.54) is 18.4 Å². The van der Waals surface area contributed by atoms with Gasteiger partial charge in [0.1, 0.15) is 4.88 Å². The number of carbonyl (C=O) groups is 1. The van der Waals surface area contributed by atoms with Crippen LogP contribution in [0.1, 0.15) is 26.5 Å². The van der Waals surface area contributed by atoms with Crippen LogP contribution in [0.3, 0.4) is 0 Å². The molecule has 1 aromatic carbocycles. The van der Waals surface area contributed by atoms with Gasteiger partial charge in [0.05, 0.1) is 12.8 Å². The Morgan fingerprint density at radius 1 is 1.26 bits per heavy atom. The number of anilines is 2. The van der Waals surface area contributed by atoms with Crippen molar-refractivity contribution in [3.63, 3.8) is 0 Å². The number of thiazole rings is 1. The lowest BCUT2D eigenvalue weighted by Gasteiger charge is -2.09. The van der Waals surface area contributed by atoms with E-state index in [9.17, 15) is 4.79 Å². The molecule has 0 aliphatic rings. The highest BCUT2D eigenvalue weighted by atomic mass is 32.1. The molecule has 1 N–H and O–H groups in total. The van der Waals surface area contributed by atoms with E-state index in [1.54, 1.807) is 6.92 Å². The lowest BCUT2D eigenvalue weighted by atomic mass is 10.1. The highest BCUT2D eigenvalue weighted by Gasteiger charge is 2.16. The Morgan fingerprint density at radius 2 is 1.89 bits per heavy atom. The van der Waals surface area contributed by atoms with Crippen molar-refractivity contribution in [3.8, 4) is 0 Å². The Kier molecular flexibility index (Phi) is 3.85. The third-order valence-corrected chi connectivity index (χ3v) is 3.93. The maximum Gasteiger partial charge on any atom is 0.350 e. The number of ether oxygens (including phenoxy) is 1. The smallest absolute Gasteiger partial charge is 0.350 e. The lowest BCUT2D eigenvalue weighted by Crippen LogP contribution is -1.99. The van der Waals surface area contributed by atoms with Crippen LogP contribution in [0, 0.1) is 20.8 Å². The number of carbonyl (C=O) groups excluding carboxylic acids is 1. The highest BCUT2D eigenvalue weighted by molar-refractivity contribution is 7.17. The van der Waals surface area contributed by atoms with Gasteiger partial charge in [0.2, 0.25) is 0 Å². The zero-order chi connectivity index (χ0) is 14.0. The predicted molar refractivity (Wildman–Crippen MR) is 77.4 cm³/mol. The highest BCUT2D eigenvalue weighted by Crippen LogP contribution is 2.29. The molecule has 4 nitrogen and oxygen atoms in total. The SMILES string of the molecule is COC(=O)c1sc(Nc2c(C)cccc2C)nc1C. The molecule has 5 heteroatoms. The lowest BCUT2D eigenvalue weighted by molar-refractivity contribution is 0.0605. The molecule has 0 saturated heterocycles. The van der Waals surface area contributed by atoms with Crippen molar-refractivity contribution in [1.82, 2.24) is 4.98 Å². The van der Waals surface area contributed by atoms with Crippen molar-refractivity contribution in [2.75, 3.05) is 12.4 Å². The maximum absolute atomic E-state index is 11.6. The standard InChI is InChI=1S/C14H16N2O2S/c1-8-6-5-7-9(2)11(8)16-14-15-10(3)12(19-14)13(17)18-4/h5-7H,1-4H3,(H,15,16). The molecule has 19 heavy (non-hydrogen) atoms. The van der Waals surface area contributed by atoms with Gasteiger partial charge in [-0.15, -0.1) is 0 Å². The number of hydrogen-bond acceptors (Lipinski definition) is 5. The molecule has 0 fully saturated rings. The second-order valence-electron chi connectivity index (χ2n) is 4.32. The largest absolute Gasteiger partial charge is 0.465 e.